The lowest BCUT2D eigenvalue weighted by molar-refractivity contribution is 0.361. The minimum Gasteiger partial charge on any atom is -0.465 e. The fraction of sp³-hybridized carbons (Fsp3) is 0.333. The van der Waals surface area contributed by atoms with Gasteiger partial charge in [-0.05, 0) is 37.3 Å². The molecule has 2 heteroatoms. The summed E-state index contributed by atoms with van der Waals surface area (Å²) in [6.45, 7) is 2.20. The topological polar surface area (TPSA) is 16.4 Å². The van der Waals surface area contributed by atoms with Crippen molar-refractivity contribution in [2.75, 3.05) is 20.1 Å². The molecule has 0 radical (unpaired) electrons. The van der Waals surface area contributed by atoms with Crippen LogP contribution in [0.5, 0.6) is 0 Å². The van der Waals surface area contributed by atoms with E-state index < -0.39 is 0 Å². The third-order valence-electron chi connectivity index (χ3n) is 2.45. The maximum Gasteiger partial charge on any atom is 0.126 e. The highest BCUT2D eigenvalue weighted by atomic mass is 16.3. The Hall–Kier alpha value is -1.28. The first-order valence-corrected chi connectivity index (χ1v) is 4.94. The molecular weight excluding hydrogens is 174 g/mol. The van der Waals surface area contributed by atoms with Crippen molar-refractivity contribution in [2.24, 2.45) is 0 Å². The Morgan fingerprint density at radius 3 is 3.00 bits per heavy atom. The van der Waals surface area contributed by atoms with Gasteiger partial charge in [0.15, 0.2) is 0 Å². The van der Waals surface area contributed by atoms with Gasteiger partial charge in [-0.1, -0.05) is 12.2 Å². The Morgan fingerprint density at radius 1 is 1.43 bits per heavy atom. The quantitative estimate of drug-likeness (QED) is 0.711. The second kappa shape index (κ2) is 4.29. The predicted molar refractivity (Wildman–Crippen MR) is 57.9 cm³/mol. The molecule has 0 saturated heterocycles. The molecule has 1 aliphatic rings. The van der Waals surface area contributed by atoms with Crippen LogP contribution >= 0.6 is 0 Å². The van der Waals surface area contributed by atoms with Gasteiger partial charge in [-0.15, -0.1) is 0 Å². The second-order valence-corrected chi connectivity index (χ2v) is 3.64. The monoisotopic (exact) mass is 189 g/mol. The number of hydrogen-bond acceptors (Lipinski definition) is 2. The Labute approximate surface area is 84.5 Å². The molecule has 2 rings (SSSR count). The van der Waals surface area contributed by atoms with E-state index in [-0.39, 0.29) is 0 Å². The first kappa shape index (κ1) is 9.28. The predicted octanol–water partition coefficient (Wildman–Crippen LogP) is 2.55. The van der Waals surface area contributed by atoms with Gasteiger partial charge in [0.2, 0.25) is 0 Å². The van der Waals surface area contributed by atoms with Crippen LogP contribution in [-0.4, -0.2) is 25.0 Å². The summed E-state index contributed by atoms with van der Waals surface area (Å²) in [4.78, 5) is 2.31. The molecule has 0 unspecified atom stereocenters. The van der Waals surface area contributed by atoms with Crippen molar-refractivity contribution in [2.45, 2.75) is 6.42 Å². The number of rotatable bonds is 2. The summed E-state index contributed by atoms with van der Waals surface area (Å²) in [6, 6.07) is 3.87. The van der Waals surface area contributed by atoms with Gasteiger partial charge in [-0.3, -0.25) is 0 Å². The van der Waals surface area contributed by atoms with Gasteiger partial charge in [0.1, 0.15) is 5.76 Å². The minimum atomic E-state index is 0.921. The van der Waals surface area contributed by atoms with Crippen LogP contribution in [0.15, 0.2) is 40.5 Å². The van der Waals surface area contributed by atoms with Crippen LogP contribution in [-0.2, 0) is 0 Å². The van der Waals surface area contributed by atoms with Gasteiger partial charge in [-0.2, -0.15) is 0 Å². The van der Waals surface area contributed by atoms with E-state index in [2.05, 4.69) is 24.1 Å². The summed E-state index contributed by atoms with van der Waals surface area (Å²) in [7, 11) is 2.14. The van der Waals surface area contributed by atoms with Gasteiger partial charge < -0.3 is 9.32 Å². The van der Waals surface area contributed by atoms with Crippen LogP contribution in [0, 0.1) is 0 Å². The van der Waals surface area contributed by atoms with E-state index in [4.69, 9.17) is 4.42 Å². The van der Waals surface area contributed by atoms with Crippen molar-refractivity contribution in [1.82, 2.24) is 4.90 Å². The Bertz CT molecular complexity index is 335. The van der Waals surface area contributed by atoms with Gasteiger partial charge in [0, 0.05) is 13.1 Å². The van der Waals surface area contributed by atoms with Crippen molar-refractivity contribution in [3.8, 4) is 0 Å². The van der Waals surface area contributed by atoms with Gasteiger partial charge in [-0.25, -0.2) is 0 Å². The Morgan fingerprint density at radius 2 is 2.36 bits per heavy atom. The highest BCUT2D eigenvalue weighted by molar-refractivity contribution is 5.47. The smallest absolute Gasteiger partial charge is 0.126 e. The van der Waals surface area contributed by atoms with E-state index >= 15 is 0 Å². The molecule has 0 fully saturated rings. The first-order chi connectivity index (χ1) is 6.84. The molecule has 2 nitrogen and oxygen atoms in total. The third kappa shape index (κ3) is 2.36. The number of hydrogen-bond donors (Lipinski definition) is 0. The van der Waals surface area contributed by atoms with Crippen molar-refractivity contribution in [3.63, 3.8) is 0 Å². The van der Waals surface area contributed by atoms with Crippen molar-refractivity contribution in [3.05, 3.63) is 41.9 Å². The molecule has 0 N–H and O–H groups in total. The van der Waals surface area contributed by atoms with Crippen molar-refractivity contribution >= 4 is 6.08 Å². The average Bonchev–Trinajstić information content (AvgIpc) is 2.70. The first-order valence-electron chi connectivity index (χ1n) is 4.94. The van der Waals surface area contributed by atoms with Crippen LogP contribution in [0.25, 0.3) is 6.08 Å². The molecule has 0 aromatic carbocycles. The molecule has 1 aromatic heterocycles. The van der Waals surface area contributed by atoms with Crippen LogP contribution in [0.2, 0.25) is 0 Å². The molecule has 2 heterocycles. The summed E-state index contributed by atoms with van der Waals surface area (Å²) in [6.07, 6.45) is 9.27. The van der Waals surface area contributed by atoms with E-state index in [1.54, 1.807) is 6.26 Å². The number of allylic oxidation sites excluding steroid dienone is 1. The minimum absolute atomic E-state index is 0.921. The average molecular weight is 189 g/mol. The summed E-state index contributed by atoms with van der Waals surface area (Å²) in [5.74, 6) is 0.921. The lowest BCUT2D eigenvalue weighted by atomic mass is 10.1. The molecule has 0 spiro atoms. The van der Waals surface area contributed by atoms with Gasteiger partial charge in [0.25, 0.3) is 0 Å². The maximum atomic E-state index is 5.22. The maximum absolute atomic E-state index is 5.22. The number of likely N-dealkylation sites (N-methyl/N-ethyl adjacent to an activating group) is 1. The lowest BCUT2D eigenvalue weighted by Crippen LogP contribution is -2.23. The second-order valence-electron chi connectivity index (χ2n) is 3.64. The normalized spacial score (nSPS) is 18.8. The molecule has 14 heavy (non-hydrogen) atoms. The molecule has 74 valence electrons. The number of nitrogens with zero attached hydrogens (tertiary/aromatic N) is 1. The highest BCUT2D eigenvalue weighted by Crippen LogP contribution is 2.12. The van der Waals surface area contributed by atoms with E-state index in [0.29, 0.717) is 0 Å². The third-order valence-corrected chi connectivity index (χ3v) is 2.45. The van der Waals surface area contributed by atoms with Gasteiger partial charge in [0.05, 0.1) is 6.26 Å². The van der Waals surface area contributed by atoms with Gasteiger partial charge >= 0.3 is 0 Å². The molecule has 0 amide bonds. The largest absolute Gasteiger partial charge is 0.465 e. The fourth-order valence-electron chi connectivity index (χ4n) is 1.51. The summed E-state index contributed by atoms with van der Waals surface area (Å²) in [5.41, 5.74) is 1.40. The SMILES string of the molecule is CN1CC=C(/C=C/c2ccco2)CC1. The van der Waals surface area contributed by atoms with E-state index in [1.165, 1.54) is 5.57 Å². The zero-order valence-corrected chi connectivity index (χ0v) is 8.44. The van der Waals surface area contributed by atoms with Crippen LogP contribution in [0.4, 0.5) is 0 Å². The van der Waals surface area contributed by atoms with Crippen LogP contribution in [0.3, 0.4) is 0 Å². The van der Waals surface area contributed by atoms with E-state index in [1.807, 2.05) is 18.2 Å². The lowest BCUT2D eigenvalue weighted by Gasteiger charge is -2.20. The zero-order chi connectivity index (χ0) is 9.80. The molecule has 0 saturated carbocycles. The molecule has 1 aliphatic heterocycles. The molecule has 0 atom stereocenters. The van der Waals surface area contributed by atoms with Crippen LogP contribution < -0.4 is 0 Å². The summed E-state index contributed by atoms with van der Waals surface area (Å²) < 4.78 is 5.22. The molecule has 1 aromatic rings. The number of furan rings is 1. The molecule has 0 bridgehead atoms. The zero-order valence-electron chi connectivity index (χ0n) is 8.44. The van der Waals surface area contributed by atoms with E-state index in [9.17, 15) is 0 Å². The van der Waals surface area contributed by atoms with Crippen molar-refractivity contribution in [1.29, 1.82) is 0 Å². The highest BCUT2D eigenvalue weighted by Gasteiger charge is 2.04. The molecule has 0 aliphatic carbocycles. The standard InChI is InChI=1S/C12H15NO/c1-13-8-6-11(7-9-13)4-5-12-3-2-10-14-12/h2-6,10H,7-9H2,1H3/b5-4+. The van der Waals surface area contributed by atoms with Crippen LogP contribution in [0.1, 0.15) is 12.2 Å². The van der Waals surface area contributed by atoms with E-state index in [0.717, 1.165) is 25.3 Å². The molecular formula is C12H15NO. The summed E-state index contributed by atoms with van der Waals surface area (Å²) in [5, 5.41) is 0. The Kier molecular flexibility index (Phi) is 2.84. The Balaban J connectivity index is 1.98. The summed E-state index contributed by atoms with van der Waals surface area (Å²) >= 11 is 0. The fourth-order valence-corrected chi connectivity index (χ4v) is 1.51. The van der Waals surface area contributed by atoms with Crippen molar-refractivity contribution < 1.29 is 4.42 Å².